The first-order valence-corrected chi connectivity index (χ1v) is 9.33. The van der Waals surface area contributed by atoms with Crippen molar-refractivity contribution in [2.45, 2.75) is 79.1 Å². The van der Waals surface area contributed by atoms with E-state index in [1.54, 1.807) is 33.2 Å². The van der Waals surface area contributed by atoms with Gasteiger partial charge in [0.2, 0.25) is 0 Å². The molecule has 2 aromatic heterocycles. The smallest absolute Gasteiger partial charge is 0.442 e. The zero-order valence-corrected chi connectivity index (χ0v) is 17.8. The van der Waals surface area contributed by atoms with Crippen molar-refractivity contribution in [1.82, 2.24) is 14.8 Å². The van der Waals surface area contributed by atoms with Gasteiger partial charge in [0.15, 0.2) is 5.65 Å². The molecule has 0 aromatic carbocycles. The molecule has 2 aromatic rings. The average Bonchev–Trinajstić information content (AvgIpc) is 3.06. The summed E-state index contributed by atoms with van der Waals surface area (Å²) in [6.07, 6.45) is 2.64. The SMILES string of the molecule is CC.CC(C)(C)OC(=O)n1ncc2c(B3OC(C)(C)C(C)(C)O3)ccnc21. The fraction of sp³-hybridized carbons (Fsp3) is 0.632. The van der Waals surface area contributed by atoms with Gasteiger partial charge in [-0.05, 0) is 60.0 Å². The molecule has 0 saturated carbocycles. The van der Waals surface area contributed by atoms with Crippen molar-refractivity contribution in [2.24, 2.45) is 0 Å². The molecule has 0 bridgehead atoms. The van der Waals surface area contributed by atoms with Crippen LogP contribution in [-0.4, -0.2) is 44.8 Å². The molecular weight excluding hydrogens is 345 g/mol. The first-order valence-electron chi connectivity index (χ1n) is 9.33. The molecule has 8 heteroatoms. The van der Waals surface area contributed by atoms with Gasteiger partial charge in [0.05, 0.1) is 17.4 Å². The van der Waals surface area contributed by atoms with Crippen molar-refractivity contribution in [3.05, 3.63) is 18.5 Å². The van der Waals surface area contributed by atoms with Crippen LogP contribution in [0.25, 0.3) is 11.0 Å². The van der Waals surface area contributed by atoms with Crippen LogP contribution >= 0.6 is 0 Å². The second-order valence-electron chi connectivity index (χ2n) is 8.26. The van der Waals surface area contributed by atoms with Gasteiger partial charge in [-0.1, -0.05) is 13.8 Å². The fourth-order valence-electron chi connectivity index (χ4n) is 2.56. The monoisotopic (exact) mass is 375 g/mol. The highest BCUT2D eigenvalue weighted by Gasteiger charge is 2.52. The number of nitrogens with zero attached hydrogens (tertiary/aromatic N) is 3. The van der Waals surface area contributed by atoms with Crippen LogP contribution in [-0.2, 0) is 14.0 Å². The van der Waals surface area contributed by atoms with Crippen molar-refractivity contribution in [3.8, 4) is 0 Å². The molecule has 3 rings (SSSR count). The van der Waals surface area contributed by atoms with Crippen LogP contribution < -0.4 is 5.46 Å². The summed E-state index contributed by atoms with van der Waals surface area (Å²) < 4.78 is 18.8. The van der Waals surface area contributed by atoms with Crippen LogP contribution in [0.15, 0.2) is 18.5 Å². The Morgan fingerprint density at radius 1 is 1.15 bits per heavy atom. The molecule has 1 aliphatic rings. The number of ether oxygens (including phenoxy) is 1. The molecule has 0 spiro atoms. The van der Waals surface area contributed by atoms with Gasteiger partial charge in [0.1, 0.15) is 5.60 Å². The van der Waals surface area contributed by atoms with Gasteiger partial charge in [-0.2, -0.15) is 5.10 Å². The van der Waals surface area contributed by atoms with E-state index < -0.39 is 30.0 Å². The van der Waals surface area contributed by atoms with E-state index in [4.69, 9.17) is 14.0 Å². The third-order valence-corrected chi connectivity index (χ3v) is 4.58. The molecule has 1 saturated heterocycles. The fourth-order valence-corrected chi connectivity index (χ4v) is 2.56. The zero-order chi connectivity index (χ0) is 20.6. The van der Waals surface area contributed by atoms with E-state index in [1.165, 1.54) is 0 Å². The number of hydrogen-bond acceptors (Lipinski definition) is 6. The zero-order valence-electron chi connectivity index (χ0n) is 17.8. The lowest BCUT2D eigenvalue weighted by Crippen LogP contribution is -2.41. The summed E-state index contributed by atoms with van der Waals surface area (Å²) in [6, 6.07) is 1.82. The van der Waals surface area contributed by atoms with Gasteiger partial charge in [-0.25, -0.2) is 9.78 Å². The summed E-state index contributed by atoms with van der Waals surface area (Å²) in [5.41, 5.74) is -0.304. The van der Waals surface area contributed by atoms with Crippen molar-refractivity contribution in [1.29, 1.82) is 0 Å². The van der Waals surface area contributed by atoms with E-state index in [9.17, 15) is 4.79 Å². The topological polar surface area (TPSA) is 75.5 Å². The van der Waals surface area contributed by atoms with E-state index in [0.29, 0.717) is 11.0 Å². The quantitative estimate of drug-likeness (QED) is 0.710. The minimum Gasteiger partial charge on any atom is -0.442 e. The van der Waals surface area contributed by atoms with Crippen molar-refractivity contribution < 1.29 is 18.8 Å². The molecule has 0 amide bonds. The molecule has 0 unspecified atom stereocenters. The molecular formula is C19H30BN3O4. The number of pyridine rings is 1. The lowest BCUT2D eigenvalue weighted by molar-refractivity contribution is 0.00578. The Hall–Kier alpha value is -1.93. The molecule has 148 valence electrons. The van der Waals surface area contributed by atoms with Crippen LogP contribution in [0.5, 0.6) is 0 Å². The normalized spacial score (nSPS) is 18.2. The van der Waals surface area contributed by atoms with Crippen LogP contribution in [0, 0.1) is 0 Å². The molecule has 1 aliphatic heterocycles. The lowest BCUT2D eigenvalue weighted by Gasteiger charge is -2.32. The van der Waals surface area contributed by atoms with Gasteiger partial charge in [-0.3, -0.25) is 0 Å². The minimum atomic E-state index is -0.612. The van der Waals surface area contributed by atoms with E-state index in [2.05, 4.69) is 10.1 Å². The van der Waals surface area contributed by atoms with E-state index >= 15 is 0 Å². The number of hydrogen-bond donors (Lipinski definition) is 0. The third kappa shape index (κ3) is 4.16. The molecule has 0 aliphatic carbocycles. The molecule has 1 fully saturated rings. The summed E-state index contributed by atoms with van der Waals surface area (Å²) in [7, 11) is -0.549. The Kier molecular flexibility index (Phi) is 5.73. The first kappa shape index (κ1) is 21.4. The van der Waals surface area contributed by atoms with Gasteiger partial charge in [0.25, 0.3) is 0 Å². The lowest BCUT2D eigenvalue weighted by atomic mass is 9.78. The third-order valence-electron chi connectivity index (χ3n) is 4.58. The molecule has 0 N–H and O–H groups in total. The van der Waals surface area contributed by atoms with Crippen LogP contribution in [0.2, 0.25) is 0 Å². The maximum absolute atomic E-state index is 12.3. The average molecular weight is 375 g/mol. The van der Waals surface area contributed by atoms with Crippen molar-refractivity contribution in [3.63, 3.8) is 0 Å². The van der Waals surface area contributed by atoms with E-state index in [0.717, 1.165) is 10.1 Å². The van der Waals surface area contributed by atoms with Crippen LogP contribution in [0.3, 0.4) is 0 Å². The largest absolute Gasteiger partial charge is 0.495 e. The van der Waals surface area contributed by atoms with Crippen molar-refractivity contribution in [2.75, 3.05) is 0 Å². The van der Waals surface area contributed by atoms with Gasteiger partial charge in [0, 0.05) is 11.6 Å². The highest BCUT2D eigenvalue weighted by atomic mass is 16.7. The van der Waals surface area contributed by atoms with E-state index in [-0.39, 0.29) is 0 Å². The van der Waals surface area contributed by atoms with Gasteiger partial charge >= 0.3 is 13.2 Å². The number of aromatic nitrogens is 3. The highest BCUT2D eigenvalue weighted by Crippen LogP contribution is 2.36. The molecule has 27 heavy (non-hydrogen) atoms. The number of carbonyl (C=O) groups is 1. The van der Waals surface area contributed by atoms with Gasteiger partial charge < -0.3 is 14.0 Å². The molecule has 7 nitrogen and oxygen atoms in total. The summed E-state index contributed by atoms with van der Waals surface area (Å²) in [6.45, 7) is 17.4. The highest BCUT2D eigenvalue weighted by molar-refractivity contribution is 6.65. The maximum Gasteiger partial charge on any atom is 0.495 e. The molecule has 0 atom stereocenters. The van der Waals surface area contributed by atoms with Crippen LogP contribution in [0.1, 0.15) is 62.3 Å². The Labute approximate surface area is 161 Å². The first-order chi connectivity index (χ1) is 12.4. The second-order valence-corrected chi connectivity index (χ2v) is 8.26. The number of rotatable bonds is 1. The predicted octanol–water partition coefficient (Wildman–Crippen LogP) is 3.54. The summed E-state index contributed by atoms with van der Waals surface area (Å²) in [4.78, 5) is 16.6. The predicted molar refractivity (Wildman–Crippen MR) is 106 cm³/mol. The van der Waals surface area contributed by atoms with Crippen LogP contribution in [0.4, 0.5) is 4.79 Å². The summed E-state index contributed by atoms with van der Waals surface area (Å²) in [5, 5.41) is 4.85. The summed E-state index contributed by atoms with van der Waals surface area (Å²) in [5.74, 6) is 0. The second kappa shape index (κ2) is 7.24. The minimum absolute atomic E-state index is 0.418. The number of fused-ring (bicyclic) bond motifs is 1. The standard InChI is InChI=1S/C17H24BN3O4.C2H6/c1-15(2,3)23-14(22)21-13-11(10-20-21)12(8-9-19-13)18-24-16(4,5)17(6,7)25-18;1-2/h8-10H,1-7H3;1-2H3. The Morgan fingerprint density at radius 3 is 2.22 bits per heavy atom. The molecule has 0 radical (unpaired) electrons. The Bertz CT molecular complexity index is 808. The Balaban J connectivity index is 0.00000126. The van der Waals surface area contributed by atoms with Gasteiger partial charge in [-0.15, -0.1) is 4.68 Å². The van der Waals surface area contributed by atoms with Crippen molar-refractivity contribution >= 4 is 29.7 Å². The Morgan fingerprint density at radius 2 is 1.70 bits per heavy atom. The van der Waals surface area contributed by atoms with E-state index in [1.807, 2.05) is 47.6 Å². The number of carbonyl (C=O) groups excluding carboxylic acids is 1. The molecule has 3 heterocycles. The maximum atomic E-state index is 12.3. The summed E-state index contributed by atoms with van der Waals surface area (Å²) >= 11 is 0.